The van der Waals surface area contributed by atoms with Gasteiger partial charge in [0.2, 0.25) is 5.91 Å². The third-order valence-electron chi connectivity index (χ3n) is 5.94. The van der Waals surface area contributed by atoms with Crippen LogP contribution in [0.5, 0.6) is 0 Å². The Kier molecular flexibility index (Phi) is 5.81. The summed E-state index contributed by atoms with van der Waals surface area (Å²) < 4.78 is 19.2. The number of carbonyl (C=O) groups is 1. The number of carbonyl (C=O) groups excluding carboxylic acids is 1. The van der Waals surface area contributed by atoms with Crippen LogP contribution in [0.15, 0.2) is 0 Å². The van der Waals surface area contributed by atoms with Crippen molar-refractivity contribution in [3.8, 4) is 0 Å². The van der Waals surface area contributed by atoms with Crippen molar-refractivity contribution in [2.24, 2.45) is 11.8 Å². The van der Waals surface area contributed by atoms with E-state index in [1.54, 1.807) is 0 Å². The lowest BCUT2D eigenvalue weighted by molar-refractivity contribution is -0.148. The Bertz CT molecular complexity index is 435. The number of hydrogen-bond donors (Lipinski definition) is 1. The molecule has 0 aromatic carbocycles. The summed E-state index contributed by atoms with van der Waals surface area (Å²) in [6, 6.07) is -0.0459. The van der Waals surface area contributed by atoms with Gasteiger partial charge in [-0.3, -0.25) is 4.79 Å². The average molecular weight is 340 g/mol. The first-order valence-corrected chi connectivity index (χ1v) is 9.73. The van der Waals surface area contributed by atoms with Crippen LogP contribution in [0.25, 0.3) is 0 Å². The van der Waals surface area contributed by atoms with Gasteiger partial charge in [-0.05, 0) is 64.3 Å². The van der Waals surface area contributed by atoms with Gasteiger partial charge in [-0.15, -0.1) is 0 Å². The van der Waals surface area contributed by atoms with E-state index in [0.29, 0.717) is 31.5 Å². The molecule has 2 heterocycles. The van der Waals surface area contributed by atoms with E-state index in [2.05, 4.69) is 5.32 Å². The fraction of sp³-hybridized carbons (Fsp3) is 0.947. The van der Waals surface area contributed by atoms with Crippen molar-refractivity contribution in [3.63, 3.8) is 0 Å². The van der Waals surface area contributed by atoms with E-state index < -0.39 is 6.17 Å². The van der Waals surface area contributed by atoms with Crippen LogP contribution >= 0.6 is 0 Å². The number of alkyl halides is 1. The highest BCUT2D eigenvalue weighted by Crippen LogP contribution is 2.33. The molecule has 24 heavy (non-hydrogen) atoms. The van der Waals surface area contributed by atoms with E-state index in [1.807, 2.05) is 18.7 Å². The summed E-state index contributed by atoms with van der Waals surface area (Å²) in [5.41, 5.74) is -0.241. The minimum absolute atomic E-state index is 0.0459. The Balaban J connectivity index is 1.43. The molecule has 2 saturated heterocycles. The van der Waals surface area contributed by atoms with Crippen molar-refractivity contribution >= 4 is 5.91 Å². The number of nitrogens with zero attached hydrogens (tertiary/aromatic N) is 1. The van der Waals surface area contributed by atoms with Crippen molar-refractivity contribution in [1.29, 1.82) is 0 Å². The summed E-state index contributed by atoms with van der Waals surface area (Å²) in [6.45, 7) is 6.98. The smallest absolute Gasteiger partial charge is 0.239 e. The fourth-order valence-electron chi connectivity index (χ4n) is 4.66. The molecule has 0 radical (unpaired) electrons. The third-order valence-corrected chi connectivity index (χ3v) is 5.94. The largest absolute Gasteiger partial charge is 0.372 e. The molecule has 1 amide bonds. The van der Waals surface area contributed by atoms with E-state index >= 15 is 0 Å². The highest BCUT2D eigenvalue weighted by Gasteiger charge is 2.35. The molecular weight excluding hydrogens is 307 g/mol. The van der Waals surface area contributed by atoms with E-state index in [4.69, 9.17) is 4.74 Å². The summed E-state index contributed by atoms with van der Waals surface area (Å²) in [5.74, 6) is 1.38. The van der Waals surface area contributed by atoms with Crippen LogP contribution < -0.4 is 5.32 Å². The van der Waals surface area contributed by atoms with E-state index in [-0.39, 0.29) is 17.6 Å². The Morgan fingerprint density at radius 3 is 2.75 bits per heavy atom. The second-order valence-corrected chi connectivity index (χ2v) is 8.64. The Labute approximate surface area is 145 Å². The van der Waals surface area contributed by atoms with Gasteiger partial charge in [0.25, 0.3) is 0 Å². The maximum absolute atomic E-state index is 13.5. The van der Waals surface area contributed by atoms with Crippen LogP contribution in [0.4, 0.5) is 4.39 Å². The number of rotatable bonds is 3. The van der Waals surface area contributed by atoms with Crippen LogP contribution in [-0.4, -0.2) is 54.9 Å². The molecule has 1 aliphatic carbocycles. The number of amides is 1. The lowest BCUT2D eigenvalue weighted by Gasteiger charge is -2.41. The molecule has 0 spiro atoms. The Morgan fingerprint density at radius 1 is 1.25 bits per heavy atom. The van der Waals surface area contributed by atoms with Gasteiger partial charge >= 0.3 is 0 Å². The molecule has 0 aromatic rings. The average Bonchev–Trinajstić information content (AvgIpc) is 2.54. The molecule has 3 fully saturated rings. The Morgan fingerprint density at radius 2 is 2.08 bits per heavy atom. The van der Waals surface area contributed by atoms with Gasteiger partial charge in [-0.25, -0.2) is 4.39 Å². The van der Waals surface area contributed by atoms with Crippen LogP contribution in [-0.2, 0) is 9.53 Å². The molecule has 4 nitrogen and oxygen atoms in total. The first kappa shape index (κ1) is 18.1. The summed E-state index contributed by atoms with van der Waals surface area (Å²) >= 11 is 0. The monoisotopic (exact) mass is 340 g/mol. The predicted molar refractivity (Wildman–Crippen MR) is 92.6 cm³/mol. The van der Waals surface area contributed by atoms with Gasteiger partial charge in [0, 0.05) is 13.1 Å². The molecule has 1 N–H and O–H groups in total. The van der Waals surface area contributed by atoms with Gasteiger partial charge in [0.15, 0.2) is 0 Å². The molecule has 0 bridgehead atoms. The molecule has 5 heteroatoms. The minimum Gasteiger partial charge on any atom is -0.372 e. The summed E-state index contributed by atoms with van der Waals surface area (Å²) in [6.07, 6.45) is 6.27. The van der Waals surface area contributed by atoms with E-state index in [9.17, 15) is 9.18 Å². The quantitative estimate of drug-likeness (QED) is 0.859. The number of nitrogens with one attached hydrogen (secondary N) is 1. The molecule has 138 valence electrons. The molecule has 3 rings (SSSR count). The zero-order valence-electron chi connectivity index (χ0n) is 15.2. The summed E-state index contributed by atoms with van der Waals surface area (Å²) in [5, 5.41) is 3.47. The summed E-state index contributed by atoms with van der Waals surface area (Å²) in [7, 11) is 0. The van der Waals surface area contributed by atoms with E-state index in [1.165, 1.54) is 6.42 Å². The first-order chi connectivity index (χ1) is 11.4. The lowest BCUT2D eigenvalue weighted by atomic mass is 9.79. The number of ether oxygens (including phenoxy) is 1. The maximum Gasteiger partial charge on any atom is 0.239 e. The molecule has 4 atom stereocenters. The zero-order chi connectivity index (χ0) is 17.2. The fourth-order valence-corrected chi connectivity index (χ4v) is 4.66. The molecule has 0 aromatic heterocycles. The first-order valence-electron chi connectivity index (χ1n) is 9.73. The van der Waals surface area contributed by atoms with Crippen molar-refractivity contribution in [3.05, 3.63) is 0 Å². The standard InChI is InChI=1S/C19H33FN2O2/c1-19(2)13-22(8-9-24-19)18(23)17-7-6-15(12-21-17)10-14-4-3-5-16(20)11-14/h14-17,21H,3-13H2,1-2H3. The van der Waals surface area contributed by atoms with Gasteiger partial charge in [-0.2, -0.15) is 0 Å². The second-order valence-electron chi connectivity index (χ2n) is 8.64. The second kappa shape index (κ2) is 7.69. The van der Waals surface area contributed by atoms with Gasteiger partial charge in [-0.1, -0.05) is 12.8 Å². The van der Waals surface area contributed by atoms with Gasteiger partial charge < -0.3 is 15.0 Å². The normalized spacial score (nSPS) is 37.2. The molecule has 1 saturated carbocycles. The highest BCUT2D eigenvalue weighted by molar-refractivity contribution is 5.82. The van der Waals surface area contributed by atoms with Crippen LogP contribution in [0.2, 0.25) is 0 Å². The van der Waals surface area contributed by atoms with Crippen LogP contribution in [0.1, 0.15) is 58.8 Å². The number of hydrogen-bond acceptors (Lipinski definition) is 3. The number of piperidine rings is 1. The molecule has 2 aliphatic heterocycles. The lowest BCUT2D eigenvalue weighted by Crippen LogP contribution is -2.57. The Hall–Kier alpha value is -0.680. The molecule has 3 aliphatic rings. The van der Waals surface area contributed by atoms with Crippen molar-refractivity contribution in [1.82, 2.24) is 10.2 Å². The van der Waals surface area contributed by atoms with Crippen molar-refractivity contribution < 1.29 is 13.9 Å². The maximum atomic E-state index is 13.5. The number of halogens is 1. The number of morpholine rings is 1. The molecular formula is C19H33FN2O2. The topological polar surface area (TPSA) is 41.6 Å². The van der Waals surface area contributed by atoms with Crippen LogP contribution in [0, 0.1) is 11.8 Å². The van der Waals surface area contributed by atoms with Gasteiger partial charge in [0.1, 0.15) is 6.17 Å². The highest BCUT2D eigenvalue weighted by atomic mass is 19.1. The minimum atomic E-state index is -0.584. The molecule has 4 unspecified atom stereocenters. The zero-order valence-corrected chi connectivity index (χ0v) is 15.2. The third kappa shape index (κ3) is 4.69. The SMILES string of the molecule is CC1(C)CN(C(=O)C2CCC(CC3CCCC(F)C3)CN2)CCO1. The van der Waals surface area contributed by atoms with E-state index in [0.717, 1.165) is 45.1 Å². The van der Waals surface area contributed by atoms with Crippen LogP contribution in [0.3, 0.4) is 0 Å². The van der Waals surface area contributed by atoms with Crippen molar-refractivity contribution in [2.75, 3.05) is 26.2 Å². The summed E-state index contributed by atoms with van der Waals surface area (Å²) in [4.78, 5) is 14.7. The van der Waals surface area contributed by atoms with Gasteiger partial charge in [0.05, 0.1) is 18.2 Å². The predicted octanol–water partition coefficient (Wildman–Crippen LogP) is 2.91. The van der Waals surface area contributed by atoms with Crippen molar-refractivity contribution in [2.45, 2.75) is 76.6 Å².